The number of nitrogens with one attached hydrogen (secondary N) is 2. The van der Waals surface area contributed by atoms with E-state index in [1.807, 2.05) is 24.3 Å². The summed E-state index contributed by atoms with van der Waals surface area (Å²) in [5, 5.41) is 6.57. The summed E-state index contributed by atoms with van der Waals surface area (Å²) in [6.07, 6.45) is 2.13. The van der Waals surface area contributed by atoms with Crippen molar-refractivity contribution < 1.29 is 8.42 Å². The molecule has 0 aliphatic heterocycles. The number of alkyl halides is 1. The minimum absolute atomic E-state index is 0.0143. The van der Waals surface area contributed by atoms with Crippen molar-refractivity contribution >= 4 is 32.7 Å². The first kappa shape index (κ1) is 14.6. The maximum Gasteiger partial charge on any atom is 0.258 e. The topological polar surface area (TPSA) is 87.7 Å². The number of H-pyrrole nitrogens is 1. The molecule has 23 heavy (non-hydrogen) atoms. The fourth-order valence-corrected chi connectivity index (χ4v) is 4.73. The Bertz CT molecular complexity index is 986. The summed E-state index contributed by atoms with van der Waals surface area (Å²) in [4.78, 5) is 4.03. The zero-order chi connectivity index (χ0) is 16.0. The molecular formula is C15H13ClN4O2S. The number of nitrogens with zero attached hydrogens (tertiary/aromatic N) is 2. The van der Waals surface area contributed by atoms with Gasteiger partial charge in [-0.2, -0.15) is 5.10 Å². The summed E-state index contributed by atoms with van der Waals surface area (Å²) < 4.78 is 28.1. The van der Waals surface area contributed by atoms with Gasteiger partial charge >= 0.3 is 0 Å². The van der Waals surface area contributed by atoms with Gasteiger partial charge in [-0.1, -0.05) is 24.3 Å². The summed E-state index contributed by atoms with van der Waals surface area (Å²) >= 11 is 6.43. The van der Waals surface area contributed by atoms with Gasteiger partial charge in [-0.05, 0) is 29.7 Å². The average molecular weight is 349 g/mol. The second kappa shape index (κ2) is 5.30. The number of hydrogen-bond donors (Lipinski definition) is 2. The lowest BCUT2D eigenvalue weighted by atomic mass is 10.1. The highest BCUT2D eigenvalue weighted by Crippen LogP contribution is 2.37. The molecule has 6 nitrogen and oxygen atoms in total. The smallest absolute Gasteiger partial charge is 0.258 e. The molecule has 8 heteroatoms. The highest BCUT2D eigenvalue weighted by atomic mass is 35.5. The van der Waals surface area contributed by atoms with E-state index in [1.54, 1.807) is 18.3 Å². The van der Waals surface area contributed by atoms with Crippen LogP contribution in [-0.4, -0.2) is 29.6 Å². The molecule has 0 saturated heterocycles. The molecule has 4 rings (SSSR count). The van der Waals surface area contributed by atoms with Gasteiger partial charge in [0.25, 0.3) is 10.0 Å². The van der Waals surface area contributed by atoms with E-state index < -0.39 is 21.4 Å². The van der Waals surface area contributed by atoms with Crippen LogP contribution in [0.3, 0.4) is 0 Å². The van der Waals surface area contributed by atoms with Gasteiger partial charge in [-0.3, -0.25) is 5.10 Å². The summed E-state index contributed by atoms with van der Waals surface area (Å²) in [5.41, 5.74) is 2.40. The first-order valence-electron chi connectivity index (χ1n) is 7.09. The fraction of sp³-hybridized carbons (Fsp3) is 0.200. The highest BCUT2D eigenvalue weighted by Gasteiger charge is 2.35. The summed E-state index contributed by atoms with van der Waals surface area (Å²) in [6.45, 7) is 0. The van der Waals surface area contributed by atoms with E-state index in [0.717, 1.165) is 11.1 Å². The Kier molecular flexibility index (Phi) is 3.37. The predicted molar refractivity (Wildman–Crippen MR) is 86.7 cm³/mol. The Balaban J connectivity index is 1.67. The van der Waals surface area contributed by atoms with Crippen molar-refractivity contribution in [2.75, 3.05) is 0 Å². The lowest BCUT2D eigenvalue weighted by Gasteiger charge is -2.15. The van der Waals surface area contributed by atoms with E-state index >= 15 is 0 Å². The van der Waals surface area contributed by atoms with Crippen LogP contribution in [-0.2, 0) is 16.4 Å². The molecule has 1 aliphatic carbocycles. The third-order valence-electron chi connectivity index (χ3n) is 4.02. The van der Waals surface area contributed by atoms with Crippen molar-refractivity contribution in [3.05, 3.63) is 53.7 Å². The second-order valence-electron chi connectivity index (χ2n) is 5.46. The Morgan fingerprint density at radius 1 is 1.22 bits per heavy atom. The van der Waals surface area contributed by atoms with Crippen molar-refractivity contribution in [3.63, 3.8) is 0 Å². The Morgan fingerprint density at radius 2 is 2.04 bits per heavy atom. The van der Waals surface area contributed by atoms with Crippen LogP contribution < -0.4 is 4.72 Å². The third-order valence-corrected chi connectivity index (χ3v) is 6.02. The number of aromatic amines is 1. The van der Waals surface area contributed by atoms with Crippen LogP contribution in [0, 0.1) is 0 Å². The number of rotatable bonds is 3. The lowest BCUT2D eigenvalue weighted by molar-refractivity contribution is 0.548. The Morgan fingerprint density at radius 3 is 2.87 bits per heavy atom. The normalized spacial score (nSPS) is 20.7. The summed E-state index contributed by atoms with van der Waals surface area (Å²) in [6, 6.07) is 10.7. The molecule has 1 aliphatic rings. The summed E-state index contributed by atoms with van der Waals surface area (Å²) in [5.74, 6) is 0. The van der Waals surface area contributed by atoms with Gasteiger partial charge in [-0.25, -0.2) is 18.1 Å². The van der Waals surface area contributed by atoms with Gasteiger partial charge < -0.3 is 0 Å². The minimum atomic E-state index is -3.77. The van der Waals surface area contributed by atoms with Crippen molar-refractivity contribution in [2.24, 2.45) is 0 Å². The predicted octanol–water partition coefficient (Wildman–Crippen LogP) is 2.14. The molecule has 0 radical (unpaired) electrons. The molecule has 0 bridgehead atoms. The first-order chi connectivity index (χ1) is 11.1. The quantitative estimate of drug-likeness (QED) is 0.710. The first-order valence-corrected chi connectivity index (χ1v) is 9.01. The average Bonchev–Trinajstić information content (AvgIpc) is 3.10. The molecule has 2 aromatic heterocycles. The maximum absolute atomic E-state index is 12.7. The van der Waals surface area contributed by atoms with E-state index in [2.05, 4.69) is 19.9 Å². The third kappa shape index (κ3) is 2.41. The van der Waals surface area contributed by atoms with Gasteiger partial charge in [0, 0.05) is 12.2 Å². The molecule has 2 heterocycles. The van der Waals surface area contributed by atoms with E-state index in [9.17, 15) is 8.42 Å². The molecule has 2 N–H and O–H groups in total. The van der Waals surface area contributed by atoms with Crippen LogP contribution in [0.5, 0.6) is 0 Å². The SMILES string of the molecule is O=S(=O)(NC1Cc2ccccc2C1Cl)c1[nH]nc2ncccc12. The molecule has 2 unspecified atom stereocenters. The molecule has 1 aromatic carbocycles. The van der Waals surface area contributed by atoms with E-state index in [4.69, 9.17) is 11.6 Å². The molecule has 0 saturated carbocycles. The monoisotopic (exact) mass is 348 g/mol. The molecular weight excluding hydrogens is 336 g/mol. The van der Waals surface area contributed by atoms with E-state index in [0.29, 0.717) is 17.5 Å². The van der Waals surface area contributed by atoms with Crippen molar-refractivity contribution in [2.45, 2.75) is 22.9 Å². The number of hydrogen-bond acceptors (Lipinski definition) is 4. The molecule has 0 fully saturated rings. The molecule has 0 spiro atoms. The number of fused-ring (bicyclic) bond motifs is 2. The van der Waals surface area contributed by atoms with Crippen LogP contribution in [0.25, 0.3) is 11.0 Å². The van der Waals surface area contributed by atoms with Gasteiger partial charge in [0.05, 0.1) is 10.8 Å². The van der Waals surface area contributed by atoms with Crippen molar-refractivity contribution in [1.82, 2.24) is 19.9 Å². The molecule has 0 amide bonds. The minimum Gasteiger partial charge on any atom is -0.263 e. The van der Waals surface area contributed by atoms with Gasteiger partial charge in [0.2, 0.25) is 0 Å². The van der Waals surface area contributed by atoms with Crippen LogP contribution in [0.1, 0.15) is 16.5 Å². The zero-order valence-corrected chi connectivity index (χ0v) is 13.5. The molecule has 118 valence electrons. The molecule has 3 aromatic rings. The zero-order valence-electron chi connectivity index (χ0n) is 11.9. The van der Waals surface area contributed by atoms with Gasteiger partial charge in [-0.15, -0.1) is 11.6 Å². The Labute approximate surface area is 137 Å². The van der Waals surface area contributed by atoms with Crippen LogP contribution in [0.15, 0.2) is 47.6 Å². The standard InChI is InChI=1S/C15H13ClN4O2S/c16-13-10-5-2-1-4-9(10)8-12(13)20-23(21,22)15-11-6-3-7-17-14(11)18-19-15/h1-7,12-13,20H,8H2,(H,17,18,19). The highest BCUT2D eigenvalue weighted by molar-refractivity contribution is 7.89. The molecule has 2 atom stereocenters. The van der Waals surface area contributed by atoms with Crippen molar-refractivity contribution in [1.29, 1.82) is 0 Å². The maximum atomic E-state index is 12.7. The Hall–Kier alpha value is -1.96. The van der Waals surface area contributed by atoms with Gasteiger partial charge in [0.15, 0.2) is 10.7 Å². The second-order valence-corrected chi connectivity index (χ2v) is 7.58. The number of benzene rings is 1. The largest absolute Gasteiger partial charge is 0.263 e. The fourth-order valence-electron chi connectivity index (χ4n) is 2.94. The van der Waals surface area contributed by atoms with Crippen LogP contribution in [0.2, 0.25) is 0 Å². The van der Waals surface area contributed by atoms with Crippen molar-refractivity contribution in [3.8, 4) is 0 Å². The van der Waals surface area contributed by atoms with Gasteiger partial charge in [0.1, 0.15) is 0 Å². The number of halogens is 1. The number of sulfonamides is 1. The van der Waals surface area contributed by atoms with Crippen LogP contribution in [0.4, 0.5) is 0 Å². The number of aromatic nitrogens is 3. The summed E-state index contributed by atoms with van der Waals surface area (Å²) in [7, 11) is -3.77. The number of pyridine rings is 1. The van der Waals surface area contributed by atoms with E-state index in [1.165, 1.54) is 0 Å². The van der Waals surface area contributed by atoms with E-state index in [-0.39, 0.29) is 5.03 Å². The van der Waals surface area contributed by atoms with Crippen LogP contribution >= 0.6 is 11.6 Å². The lowest BCUT2D eigenvalue weighted by Crippen LogP contribution is -2.36.